The molecule has 2 atom stereocenters. The summed E-state index contributed by atoms with van der Waals surface area (Å²) in [7, 11) is -5.39. The molecule has 0 radical (unpaired) electrons. The number of nitrogens with one attached hydrogen (secondary N) is 3. The number of aromatic amines is 1. The average molecular weight is 457 g/mol. The molecule has 32 heavy (non-hydrogen) atoms. The van der Waals surface area contributed by atoms with Gasteiger partial charge in [-0.1, -0.05) is 6.92 Å². The molecule has 10 heteroatoms. The molecule has 2 heterocycles. The zero-order chi connectivity index (χ0) is 23.3. The van der Waals surface area contributed by atoms with Crippen LogP contribution in [0, 0.1) is 0 Å². The van der Waals surface area contributed by atoms with E-state index in [0.717, 1.165) is 31.2 Å². The van der Waals surface area contributed by atoms with Gasteiger partial charge in [0.15, 0.2) is 0 Å². The number of pyridine rings is 1. The summed E-state index contributed by atoms with van der Waals surface area (Å²) < 4.78 is 8.55. The SMILES string of the molecule is CCC(C)NC1CCc2[nH]c3ccc(C(=O)Nc4cccnc4)cc3c2C1.O=P([O-])([O-])[O-]. The second kappa shape index (κ2) is 10.4. The summed E-state index contributed by atoms with van der Waals surface area (Å²) in [6.07, 6.45) is 7.69. The van der Waals surface area contributed by atoms with Gasteiger partial charge in [0.05, 0.1) is 11.9 Å². The predicted octanol–water partition coefficient (Wildman–Crippen LogP) is 1.24. The van der Waals surface area contributed by atoms with Gasteiger partial charge in [-0.2, -0.15) is 7.82 Å². The zero-order valence-corrected chi connectivity index (χ0v) is 18.9. The van der Waals surface area contributed by atoms with Crippen LogP contribution in [0.1, 0.15) is 48.3 Å². The summed E-state index contributed by atoms with van der Waals surface area (Å²) in [6, 6.07) is 10.6. The first-order chi connectivity index (χ1) is 15.1. The van der Waals surface area contributed by atoms with Crippen LogP contribution in [0.15, 0.2) is 42.7 Å². The second-order valence-electron chi connectivity index (χ2n) is 7.90. The van der Waals surface area contributed by atoms with E-state index in [1.165, 1.54) is 16.6 Å². The highest BCUT2D eigenvalue weighted by molar-refractivity contribution is 7.40. The summed E-state index contributed by atoms with van der Waals surface area (Å²) in [5, 5.41) is 7.81. The molecular formula is C22H26N4O5P-3. The van der Waals surface area contributed by atoms with Gasteiger partial charge in [-0.25, -0.2) is 0 Å². The van der Waals surface area contributed by atoms with Gasteiger partial charge in [0.1, 0.15) is 0 Å². The first-order valence-electron chi connectivity index (χ1n) is 10.5. The summed E-state index contributed by atoms with van der Waals surface area (Å²) in [6.45, 7) is 4.45. The van der Waals surface area contributed by atoms with E-state index in [2.05, 4.69) is 34.4 Å². The number of H-pyrrole nitrogens is 1. The summed E-state index contributed by atoms with van der Waals surface area (Å²) >= 11 is 0. The van der Waals surface area contributed by atoms with Gasteiger partial charge in [0.2, 0.25) is 0 Å². The maximum Gasteiger partial charge on any atom is 0.255 e. The number of aryl methyl sites for hydroxylation is 1. The number of hydrogen-bond donors (Lipinski definition) is 3. The third kappa shape index (κ3) is 6.72. The van der Waals surface area contributed by atoms with Gasteiger partial charge in [-0.3, -0.25) is 9.78 Å². The third-order valence-electron chi connectivity index (χ3n) is 5.50. The van der Waals surface area contributed by atoms with Crippen molar-refractivity contribution in [2.45, 2.75) is 51.6 Å². The van der Waals surface area contributed by atoms with Crippen LogP contribution in [0.25, 0.3) is 10.9 Å². The molecule has 2 aromatic heterocycles. The third-order valence-corrected chi connectivity index (χ3v) is 5.50. The van der Waals surface area contributed by atoms with Crippen LogP contribution in [0.3, 0.4) is 0 Å². The van der Waals surface area contributed by atoms with Crippen molar-refractivity contribution < 1.29 is 24.0 Å². The highest BCUT2D eigenvalue weighted by atomic mass is 31.2. The summed E-state index contributed by atoms with van der Waals surface area (Å²) in [4.78, 5) is 45.9. The molecule has 0 spiro atoms. The Balaban J connectivity index is 0.000000523. The van der Waals surface area contributed by atoms with Gasteiger partial charge in [0.25, 0.3) is 5.91 Å². The van der Waals surface area contributed by atoms with E-state index in [0.29, 0.717) is 23.3 Å². The summed E-state index contributed by atoms with van der Waals surface area (Å²) in [5.74, 6) is -0.107. The van der Waals surface area contributed by atoms with Crippen LogP contribution < -0.4 is 25.3 Å². The van der Waals surface area contributed by atoms with E-state index in [1.807, 2.05) is 30.3 Å². The van der Waals surface area contributed by atoms with E-state index in [1.54, 1.807) is 12.4 Å². The number of fused-ring (bicyclic) bond motifs is 3. The van der Waals surface area contributed by atoms with Crippen molar-refractivity contribution in [2.24, 2.45) is 0 Å². The number of aromatic nitrogens is 2. The molecule has 172 valence electrons. The van der Waals surface area contributed by atoms with Crippen LogP contribution >= 0.6 is 7.82 Å². The maximum absolute atomic E-state index is 12.6. The molecule has 1 aromatic carbocycles. The van der Waals surface area contributed by atoms with E-state index in [-0.39, 0.29) is 5.91 Å². The largest absolute Gasteiger partial charge is 0.822 e. The number of anilines is 1. The lowest BCUT2D eigenvalue weighted by molar-refractivity contribution is -0.432. The molecule has 0 saturated carbocycles. The monoisotopic (exact) mass is 457 g/mol. The molecule has 4 rings (SSSR count). The predicted molar refractivity (Wildman–Crippen MR) is 117 cm³/mol. The molecule has 1 amide bonds. The molecule has 1 aliphatic rings. The lowest BCUT2D eigenvalue weighted by atomic mass is 9.90. The van der Waals surface area contributed by atoms with Gasteiger partial charge in [-0.05, 0) is 68.5 Å². The molecule has 2 unspecified atom stereocenters. The Hall–Kier alpha value is -2.55. The minimum Gasteiger partial charge on any atom is -0.822 e. The smallest absolute Gasteiger partial charge is 0.255 e. The fourth-order valence-corrected chi connectivity index (χ4v) is 3.86. The first kappa shape index (κ1) is 24.1. The van der Waals surface area contributed by atoms with Crippen molar-refractivity contribution in [1.29, 1.82) is 0 Å². The zero-order valence-electron chi connectivity index (χ0n) is 18.0. The van der Waals surface area contributed by atoms with Crippen LogP contribution in [0.5, 0.6) is 0 Å². The first-order valence-corrected chi connectivity index (χ1v) is 11.9. The van der Waals surface area contributed by atoms with Crippen molar-refractivity contribution in [3.8, 4) is 0 Å². The Kier molecular flexibility index (Phi) is 7.82. The number of carbonyl (C=O) groups is 1. The Morgan fingerprint density at radius 1 is 1.31 bits per heavy atom. The Bertz CT molecular complexity index is 1100. The van der Waals surface area contributed by atoms with Crippen molar-refractivity contribution >= 4 is 30.3 Å². The molecule has 0 bridgehead atoms. The fraction of sp³-hybridized carbons (Fsp3) is 0.364. The van der Waals surface area contributed by atoms with Gasteiger partial charge in [0, 0.05) is 40.4 Å². The van der Waals surface area contributed by atoms with Crippen molar-refractivity contribution in [2.75, 3.05) is 5.32 Å². The van der Waals surface area contributed by atoms with E-state index < -0.39 is 7.82 Å². The number of rotatable bonds is 5. The molecule has 0 aliphatic heterocycles. The van der Waals surface area contributed by atoms with Crippen LogP contribution in [-0.2, 0) is 17.4 Å². The Morgan fingerprint density at radius 3 is 2.72 bits per heavy atom. The summed E-state index contributed by atoms with van der Waals surface area (Å²) in [5.41, 5.74) is 5.16. The van der Waals surface area contributed by atoms with Crippen LogP contribution in [0.2, 0.25) is 0 Å². The molecule has 1 aliphatic carbocycles. The Labute approximate surface area is 186 Å². The molecule has 3 N–H and O–H groups in total. The topological polar surface area (TPSA) is 156 Å². The van der Waals surface area contributed by atoms with E-state index in [4.69, 9.17) is 19.2 Å². The van der Waals surface area contributed by atoms with Crippen LogP contribution in [0.4, 0.5) is 5.69 Å². The second-order valence-corrected chi connectivity index (χ2v) is 8.80. The minimum absolute atomic E-state index is 0.107. The molecule has 9 nitrogen and oxygen atoms in total. The number of phosphoric acid groups is 1. The minimum atomic E-state index is -5.39. The highest BCUT2D eigenvalue weighted by Gasteiger charge is 2.23. The number of carbonyl (C=O) groups excluding carboxylic acids is 1. The van der Waals surface area contributed by atoms with Crippen LogP contribution in [-0.4, -0.2) is 28.0 Å². The quantitative estimate of drug-likeness (QED) is 0.487. The lowest BCUT2D eigenvalue weighted by Gasteiger charge is -2.36. The molecule has 0 fully saturated rings. The average Bonchev–Trinajstić information content (AvgIpc) is 3.10. The van der Waals surface area contributed by atoms with Crippen molar-refractivity contribution in [3.63, 3.8) is 0 Å². The highest BCUT2D eigenvalue weighted by Crippen LogP contribution is 2.30. The van der Waals surface area contributed by atoms with Gasteiger partial charge < -0.3 is 34.9 Å². The molecule has 0 saturated heterocycles. The number of hydrogen-bond acceptors (Lipinski definition) is 7. The Morgan fingerprint density at radius 2 is 2.06 bits per heavy atom. The number of benzene rings is 1. The maximum atomic E-state index is 12.6. The van der Waals surface area contributed by atoms with Crippen molar-refractivity contribution in [3.05, 3.63) is 59.5 Å². The standard InChI is InChI=1S/C22H26N4O.H3O4P/c1-3-14(2)24-16-7-9-21-19(12-16)18-11-15(6-8-20(18)26-21)22(27)25-17-5-4-10-23-13-17;1-5(2,3)4/h4-6,8,10-11,13-14,16,24,26H,3,7,9,12H2,1-2H3,(H,25,27);(H3,1,2,3,4)/p-3. The van der Waals surface area contributed by atoms with E-state index in [9.17, 15) is 4.79 Å². The lowest BCUT2D eigenvalue weighted by Crippen LogP contribution is -2.39. The number of amides is 1. The van der Waals surface area contributed by atoms with E-state index >= 15 is 0 Å². The van der Waals surface area contributed by atoms with Crippen molar-refractivity contribution in [1.82, 2.24) is 15.3 Å². The van der Waals surface area contributed by atoms with Gasteiger partial charge in [-0.15, -0.1) is 0 Å². The van der Waals surface area contributed by atoms with Gasteiger partial charge >= 0.3 is 0 Å². The number of nitrogens with zero attached hydrogens (tertiary/aromatic N) is 1. The normalized spacial score (nSPS) is 16.6. The molecular weight excluding hydrogens is 431 g/mol. The fourth-order valence-electron chi connectivity index (χ4n) is 3.86. The molecule has 3 aromatic rings.